The molecular formula is C18H21ClFN7O3. The topological polar surface area (TPSA) is 150 Å². The first-order chi connectivity index (χ1) is 14.0. The number of piperidine rings is 1. The van der Waals surface area contributed by atoms with Crippen LogP contribution < -0.4 is 16.0 Å². The van der Waals surface area contributed by atoms with Crippen molar-refractivity contribution in [2.75, 3.05) is 18.0 Å². The minimum absolute atomic E-state index is 0. The fraction of sp³-hybridized carbons (Fsp3) is 0.278. The van der Waals surface area contributed by atoms with Gasteiger partial charge in [0.2, 0.25) is 5.95 Å². The molecule has 1 aliphatic heterocycles. The molecule has 0 spiro atoms. The van der Waals surface area contributed by atoms with E-state index in [9.17, 15) is 9.18 Å². The first-order valence-electron chi connectivity index (χ1n) is 8.80. The molecule has 0 saturated carbocycles. The van der Waals surface area contributed by atoms with Gasteiger partial charge in [0, 0.05) is 55.0 Å². The Hall–Kier alpha value is -3.47. The van der Waals surface area contributed by atoms with Crippen LogP contribution in [0.1, 0.15) is 18.4 Å². The number of carbonyl (C=O) groups excluding carboxylic acids is 1. The molecule has 1 aromatic heterocycles. The highest BCUT2D eigenvalue weighted by Crippen LogP contribution is 2.25. The standard InChI is InChI=1S/C18H20FN7O3.ClH/c19-15-11(10-29-18(27)24-16(20)21)2-1-3-14(15)12-8-22-17(23-9-12)26-6-4-13(25-28)5-7-26;/h1-3,8-9,28H,4-7,10H2,(H4,20,21,24,27);1H. The summed E-state index contributed by atoms with van der Waals surface area (Å²) in [5.41, 5.74) is 6.70. The molecule has 10 nitrogen and oxygen atoms in total. The van der Waals surface area contributed by atoms with E-state index < -0.39 is 17.9 Å². The number of carbonyl (C=O) groups is 1. The van der Waals surface area contributed by atoms with E-state index in [2.05, 4.69) is 15.1 Å². The summed E-state index contributed by atoms with van der Waals surface area (Å²) in [6.45, 7) is 0.963. The first kappa shape index (κ1) is 22.8. The van der Waals surface area contributed by atoms with E-state index in [4.69, 9.17) is 21.1 Å². The van der Waals surface area contributed by atoms with Crippen molar-refractivity contribution >= 4 is 36.1 Å². The summed E-state index contributed by atoms with van der Waals surface area (Å²) in [6, 6.07) is 4.70. The summed E-state index contributed by atoms with van der Waals surface area (Å²) >= 11 is 0. The number of nitrogens with zero attached hydrogens (tertiary/aromatic N) is 4. The monoisotopic (exact) mass is 437 g/mol. The van der Waals surface area contributed by atoms with Gasteiger partial charge in [0.1, 0.15) is 12.4 Å². The Kier molecular flexibility index (Phi) is 7.87. The van der Waals surface area contributed by atoms with Crippen molar-refractivity contribution < 1.29 is 19.1 Å². The number of benzene rings is 1. The van der Waals surface area contributed by atoms with Gasteiger partial charge in [0.15, 0.2) is 5.96 Å². The molecule has 3 rings (SSSR count). The fourth-order valence-corrected chi connectivity index (χ4v) is 2.89. The largest absolute Gasteiger partial charge is 0.444 e. The zero-order chi connectivity index (χ0) is 20.8. The number of nitrogens with one attached hydrogen (secondary N) is 2. The predicted molar refractivity (Wildman–Crippen MR) is 111 cm³/mol. The first-order valence-corrected chi connectivity index (χ1v) is 8.80. The maximum absolute atomic E-state index is 14.8. The van der Waals surface area contributed by atoms with Crippen LogP contribution in [0.4, 0.5) is 15.1 Å². The number of alkyl carbamates (subject to hydrolysis) is 1. The van der Waals surface area contributed by atoms with Crippen LogP contribution in [0.5, 0.6) is 0 Å². The number of ether oxygens (including phenoxy) is 1. The van der Waals surface area contributed by atoms with E-state index in [1.807, 2.05) is 10.2 Å². The Bertz CT molecular complexity index is 930. The van der Waals surface area contributed by atoms with Crippen molar-refractivity contribution in [1.82, 2.24) is 15.3 Å². The van der Waals surface area contributed by atoms with Gasteiger partial charge in [-0.3, -0.25) is 10.7 Å². The van der Waals surface area contributed by atoms with Gasteiger partial charge in [-0.1, -0.05) is 23.4 Å². The lowest BCUT2D eigenvalue weighted by Gasteiger charge is -2.27. The third-order valence-electron chi connectivity index (χ3n) is 4.39. The smallest absolute Gasteiger partial charge is 0.414 e. The van der Waals surface area contributed by atoms with Crippen LogP contribution in [0.2, 0.25) is 0 Å². The van der Waals surface area contributed by atoms with Crippen LogP contribution in [-0.2, 0) is 11.3 Å². The molecule has 0 unspecified atom stereocenters. The van der Waals surface area contributed by atoms with E-state index in [-0.39, 0.29) is 30.1 Å². The zero-order valence-electron chi connectivity index (χ0n) is 15.8. The van der Waals surface area contributed by atoms with Crippen molar-refractivity contribution in [1.29, 1.82) is 5.41 Å². The summed E-state index contributed by atoms with van der Waals surface area (Å²) in [5.74, 6) is -0.595. The van der Waals surface area contributed by atoms with E-state index >= 15 is 0 Å². The number of rotatable bonds is 4. The lowest BCUT2D eigenvalue weighted by atomic mass is 10.1. The van der Waals surface area contributed by atoms with Gasteiger partial charge in [0.25, 0.3) is 0 Å². The highest BCUT2D eigenvalue weighted by molar-refractivity contribution is 5.90. The quantitative estimate of drug-likeness (QED) is 0.248. The average Bonchev–Trinajstić information content (AvgIpc) is 2.73. The molecule has 160 valence electrons. The molecule has 0 radical (unpaired) electrons. The van der Waals surface area contributed by atoms with Crippen molar-refractivity contribution in [2.24, 2.45) is 10.9 Å². The second kappa shape index (κ2) is 10.3. The normalized spacial score (nSPS) is 13.2. The average molecular weight is 438 g/mol. The van der Waals surface area contributed by atoms with E-state index in [0.717, 1.165) is 5.71 Å². The SMILES string of the molecule is Cl.N=C(N)NC(=O)OCc1cccc(-c2cnc(N3CCC(=NO)CC3)nc2)c1F. The molecule has 1 aliphatic rings. The van der Waals surface area contributed by atoms with Crippen LogP contribution in [0.25, 0.3) is 11.1 Å². The number of nitrogens with two attached hydrogens (primary N) is 1. The third-order valence-corrected chi connectivity index (χ3v) is 4.39. The third kappa shape index (κ3) is 5.54. The van der Waals surface area contributed by atoms with Crippen LogP contribution in [0.3, 0.4) is 0 Å². The molecule has 1 amide bonds. The summed E-state index contributed by atoms with van der Waals surface area (Å²) in [7, 11) is 0. The Morgan fingerprint density at radius 3 is 2.60 bits per heavy atom. The van der Waals surface area contributed by atoms with Crippen LogP contribution in [-0.4, -0.2) is 46.0 Å². The second-order valence-corrected chi connectivity index (χ2v) is 6.32. The maximum Gasteiger partial charge on any atom is 0.414 e. The van der Waals surface area contributed by atoms with Gasteiger partial charge < -0.3 is 20.6 Å². The number of aromatic nitrogens is 2. The number of halogens is 2. The second-order valence-electron chi connectivity index (χ2n) is 6.32. The zero-order valence-corrected chi connectivity index (χ0v) is 16.7. The minimum atomic E-state index is -0.939. The van der Waals surface area contributed by atoms with Gasteiger partial charge in [-0.05, 0) is 0 Å². The van der Waals surface area contributed by atoms with Crippen LogP contribution in [0, 0.1) is 11.2 Å². The van der Waals surface area contributed by atoms with E-state index in [1.54, 1.807) is 12.1 Å². The number of hydrogen-bond donors (Lipinski definition) is 4. The molecular weight excluding hydrogens is 417 g/mol. The van der Waals surface area contributed by atoms with Gasteiger partial charge >= 0.3 is 6.09 Å². The van der Waals surface area contributed by atoms with Gasteiger partial charge in [-0.25, -0.2) is 19.2 Å². The Morgan fingerprint density at radius 2 is 2.00 bits per heavy atom. The summed E-state index contributed by atoms with van der Waals surface area (Å²) < 4.78 is 19.7. The number of hydrogen-bond acceptors (Lipinski definition) is 8. The minimum Gasteiger partial charge on any atom is -0.444 e. The Balaban J connectivity index is 0.00000320. The number of oxime groups is 1. The van der Waals surface area contributed by atoms with Crippen molar-refractivity contribution in [3.63, 3.8) is 0 Å². The van der Waals surface area contributed by atoms with Gasteiger partial charge in [0.05, 0.1) is 5.71 Å². The molecule has 1 aromatic carbocycles. The summed E-state index contributed by atoms with van der Waals surface area (Å²) in [5, 5.41) is 21.0. The Morgan fingerprint density at radius 1 is 1.33 bits per heavy atom. The molecule has 1 saturated heterocycles. The molecule has 0 bridgehead atoms. The molecule has 2 heterocycles. The van der Waals surface area contributed by atoms with Gasteiger partial charge in [-0.2, -0.15) is 0 Å². The van der Waals surface area contributed by atoms with Crippen molar-refractivity contribution in [2.45, 2.75) is 19.4 Å². The van der Waals surface area contributed by atoms with Crippen LogP contribution in [0.15, 0.2) is 35.7 Å². The van der Waals surface area contributed by atoms with Crippen LogP contribution >= 0.6 is 12.4 Å². The molecule has 2 aromatic rings. The molecule has 1 fully saturated rings. The lowest BCUT2D eigenvalue weighted by molar-refractivity contribution is 0.143. The maximum atomic E-state index is 14.8. The number of guanidine groups is 1. The highest BCUT2D eigenvalue weighted by Gasteiger charge is 2.18. The van der Waals surface area contributed by atoms with Crippen molar-refractivity contribution in [3.8, 4) is 11.1 Å². The highest BCUT2D eigenvalue weighted by atomic mass is 35.5. The number of amides is 1. The molecule has 5 N–H and O–H groups in total. The Labute approximate surface area is 177 Å². The summed E-state index contributed by atoms with van der Waals surface area (Å²) in [6.07, 6.45) is 3.39. The molecule has 0 aliphatic carbocycles. The lowest BCUT2D eigenvalue weighted by Crippen LogP contribution is -2.36. The molecule has 12 heteroatoms. The predicted octanol–water partition coefficient (Wildman–Crippen LogP) is 2.25. The molecule has 30 heavy (non-hydrogen) atoms. The fourth-order valence-electron chi connectivity index (χ4n) is 2.89. The van der Waals surface area contributed by atoms with Gasteiger partial charge in [-0.15, -0.1) is 12.4 Å². The molecule has 0 atom stereocenters. The van der Waals surface area contributed by atoms with E-state index in [0.29, 0.717) is 37.4 Å². The number of anilines is 1. The van der Waals surface area contributed by atoms with Crippen molar-refractivity contribution in [3.05, 3.63) is 42.0 Å². The van der Waals surface area contributed by atoms with E-state index in [1.165, 1.54) is 18.5 Å². The summed E-state index contributed by atoms with van der Waals surface area (Å²) in [4.78, 5) is 22.0.